The van der Waals surface area contributed by atoms with Crippen molar-refractivity contribution in [3.05, 3.63) is 0 Å². The molecule has 0 aromatic carbocycles. The molecular formula is C12H25N3O2. The maximum absolute atomic E-state index is 11.6. The van der Waals surface area contributed by atoms with Crippen LogP contribution < -0.4 is 16.4 Å². The Labute approximate surface area is 104 Å². The van der Waals surface area contributed by atoms with Crippen LogP contribution in [0.4, 0.5) is 0 Å². The Kier molecular flexibility index (Phi) is 8.40. The van der Waals surface area contributed by atoms with Gasteiger partial charge in [0.25, 0.3) is 0 Å². The zero-order valence-electron chi connectivity index (χ0n) is 11.1. The number of nitrogens with two attached hydrogens (primary N) is 1. The molecule has 5 nitrogen and oxygen atoms in total. The van der Waals surface area contributed by atoms with E-state index in [0.29, 0.717) is 25.4 Å². The van der Waals surface area contributed by atoms with Crippen molar-refractivity contribution in [1.29, 1.82) is 0 Å². The van der Waals surface area contributed by atoms with Crippen molar-refractivity contribution < 1.29 is 9.59 Å². The van der Waals surface area contributed by atoms with E-state index in [0.717, 1.165) is 6.42 Å². The van der Waals surface area contributed by atoms with Crippen molar-refractivity contribution in [2.75, 3.05) is 19.6 Å². The molecule has 1 unspecified atom stereocenters. The summed E-state index contributed by atoms with van der Waals surface area (Å²) in [4.78, 5) is 22.7. The smallest absolute Gasteiger partial charge is 0.239 e. The molecule has 1 atom stereocenters. The first kappa shape index (κ1) is 15.9. The second-order valence-electron chi connectivity index (χ2n) is 4.67. The van der Waals surface area contributed by atoms with Crippen LogP contribution in [0.3, 0.4) is 0 Å². The lowest BCUT2D eigenvalue weighted by Crippen LogP contribution is -2.38. The highest BCUT2D eigenvalue weighted by Crippen LogP contribution is 2.13. The molecule has 17 heavy (non-hydrogen) atoms. The van der Waals surface area contributed by atoms with Gasteiger partial charge in [-0.25, -0.2) is 0 Å². The summed E-state index contributed by atoms with van der Waals surface area (Å²) in [6.45, 7) is 7.18. The number of carbonyl (C=O) groups is 2. The van der Waals surface area contributed by atoms with Gasteiger partial charge in [0.1, 0.15) is 0 Å². The number of amides is 2. The van der Waals surface area contributed by atoms with Crippen LogP contribution in [0, 0.1) is 11.8 Å². The summed E-state index contributed by atoms with van der Waals surface area (Å²) >= 11 is 0. The molecule has 5 heteroatoms. The van der Waals surface area contributed by atoms with E-state index in [1.165, 1.54) is 0 Å². The lowest BCUT2D eigenvalue weighted by atomic mass is 9.94. The first-order valence-electron chi connectivity index (χ1n) is 6.23. The molecule has 4 N–H and O–H groups in total. The first-order valence-corrected chi connectivity index (χ1v) is 6.23. The highest BCUT2D eigenvalue weighted by atomic mass is 16.2. The lowest BCUT2D eigenvalue weighted by molar-refractivity contribution is -0.126. The molecule has 2 amide bonds. The molecular weight excluding hydrogens is 218 g/mol. The molecule has 0 aromatic heterocycles. The number of likely N-dealkylation sites (N-methyl/N-ethyl adjacent to an activating group) is 1. The Morgan fingerprint density at radius 1 is 1.18 bits per heavy atom. The summed E-state index contributed by atoms with van der Waals surface area (Å²) in [6, 6.07) is 0. The van der Waals surface area contributed by atoms with Gasteiger partial charge < -0.3 is 16.4 Å². The summed E-state index contributed by atoms with van der Waals surface area (Å²) < 4.78 is 0. The third-order valence-corrected chi connectivity index (χ3v) is 2.43. The molecule has 0 heterocycles. The molecule has 0 aliphatic heterocycles. The number of nitrogens with one attached hydrogen (secondary N) is 2. The van der Waals surface area contributed by atoms with E-state index in [1.807, 2.05) is 6.92 Å². The summed E-state index contributed by atoms with van der Waals surface area (Å²) in [5.41, 5.74) is 5.61. The Balaban J connectivity index is 3.86. The van der Waals surface area contributed by atoms with Gasteiger partial charge in [0.2, 0.25) is 11.8 Å². The van der Waals surface area contributed by atoms with Gasteiger partial charge in [0.15, 0.2) is 0 Å². The van der Waals surface area contributed by atoms with Crippen LogP contribution in [0.1, 0.15) is 33.6 Å². The molecule has 0 bridgehead atoms. The van der Waals surface area contributed by atoms with E-state index >= 15 is 0 Å². The SMILES string of the molecule is CCNC(=O)CNC(=O)CC(CN)CC(C)C. The van der Waals surface area contributed by atoms with Gasteiger partial charge in [-0.3, -0.25) is 9.59 Å². The number of rotatable bonds is 8. The highest BCUT2D eigenvalue weighted by molar-refractivity contribution is 5.84. The molecule has 0 spiro atoms. The number of carbonyl (C=O) groups excluding carboxylic acids is 2. The van der Waals surface area contributed by atoms with E-state index < -0.39 is 0 Å². The minimum absolute atomic E-state index is 0.0473. The molecule has 0 saturated heterocycles. The monoisotopic (exact) mass is 243 g/mol. The fraction of sp³-hybridized carbons (Fsp3) is 0.833. The van der Waals surface area contributed by atoms with Gasteiger partial charge in [-0.2, -0.15) is 0 Å². The second kappa shape index (κ2) is 8.98. The minimum Gasteiger partial charge on any atom is -0.355 e. The van der Waals surface area contributed by atoms with Crippen molar-refractivity contribution in [2.45, 2.75) is 33.6 Å². The van der Waals surface area contributed by atoms with E-state index in [9.17, 15) is 9.59 Å². The van der Waals surface area contributed by atoms with E-state index in [1.54, 1.807) is 0 Å². The van der Waals surface area contributed by atoms with Gasteiger partial charge in [-0.1, -0.05) is 13.8 Å². The predicted molar refractivity (Wildman–Crippen MR) is 68.3 cm³/mol. The third-order valence-electron chi connectivity index (χ3n) is 2.43. The number of hydrogen-bond donors (Lipinski definition) is 3. The van der Waals surface area contributed by atoms with Crippen LogP contribution in [0.2, 0.25) is 0 Å². The number of hydrogen-bond acceptors (Lipinski definition) is 3. The largest absolute Gasteiger partial charge is 0.355 e. The average molecular weight is 243 g/mol. The topological polar surface area (TPSA) is 84.2 Å². The molecule has 0 radical (unpaired) electrons. The fourth-order valence-corrected chi connectivity index (χ4v) is 1.70. The maximum atomic E-state index is 11.6. The van der Waals surface area contributed by atoms with Gasteiger partial charge in [-0.05, 0) is 31.7 Å². The third kappa shape index (κ3) is 8.68. The van der Waals surface area contributed by atoms with Crippen LogP contribution >= 0.6 is 0 Å². The fourth-order valence-electron chi connectivity index (χ4n) is 1.70. The highest BCUT2D eigenvalue weighted by Gasteiger charge is 2.14. The Morgan fingerprint density at radius 2 is 1.82 bits per heavy atom. The van der Waals surface area contributed by atoms with Gasteiger partial charge in [0, 0.05) is 13.0 Å². The Bertz CT molecular complexity index is 242. The van der Waals surface area contributed by atoms with Crippen molar-refractivity contribution in [2.24, 2.45) is 17.6 Å². The molecule has 0 aromatic rings. The maximum Gasteiger partial charge on any atom is 0.239 e. The summed E-state index contributed by atoms with van der Waals surface area (Å²) in [7, 11) is 0. The van der Waals surface area contributed by atoms with Gasteiger partial charge in [0.05, 0.1) is 6.54 Å². The molecule has 0 aliphatic carbocycles. The quantitative estimate of drug-likeness (QED) is 0.571. The van der Waals surface area contributed by atoms with Crippen LogP contribution in [0.5, 0.6) is 0 Å². The van der Waals surface area contributed by atoms with Crippen LogP contribution in [0.25, 0.3) is 0 Å². The van der Waals surface area contributed by atoms with Crippen molar-refractivity contribution in [3.63, 3.8) is 0 Å². The van der Waals surface area contributed by atoms with Gasteiger partial charge in [-0.15, -0.1) is 0 Å². The van der Waals surface area contributed by atoms with Crippen molar-refractivity contribution in [1.82, 2.24) is 10.6 Å². The standard InChI is InChI=1S/C12H25N3O2/c1-4-14-12(17)8-15-11(16)6-10(7-13)5-9(2)3/h9-10H,4-8,13H2,1-3H3,(H,14,17)(H,15,16). The summed E-state index contributed by atoms with van der Waals surface area (Å²) in [5.74, 6) is 0.463. The van der Waals surface area contributed by atoms with E-state index in [4.69, 9.17) is 5.73 Å². The molecule has 100 valence electrons. The van der Waals surface area contributed by atoms with Crippen molar-refractivity contribution in [3.8, 4) is 0 Å². The zero-order chi connectivity index (χ0) is 13.3. The summed E-state index contributed by atoms with van der Waals surface area (Å²) in [6.07, 6.45) is 1.33. The Morgan fingerprint density at radius 3 is 2.29 bits per heavy atom. The molecule has 0 fully saturated rings. The molecule has 0 aliphatic rings. The van der Waals surface area contributed by atoms with Gasteiger partial charge >= 0.3 is 0 Å². The normalized spacial score (nSPS) is 12.3. The van der Waals surface area contributed by atoms with Crippen molar-refractivity contribution >= 4 is 11.8 Å². The Hall–Kier alpha value is -1.10. The zero-order valence-corrected chi connectivity index (χ0v) is 11.1. The van der Waals surface area contributed by atoms with Crippen LogP contribution in [0.15, 0.2) is 0 Å². The second-order valence-corrected chi connectivity index (χ2v) is 4.67. The predicted octanol–water partition coefficient (Wildman–Crippen LogP) is 0.250. The molecule has 0 rings (SSSR count). The van der Waals surface area contributed by atoms with E-state index in [-0.39, 0.29) is 24.3 Å². The first-order chi connectivity index (χ1) is 7.99. The van der Waals surface area contributed by atoms with Crippen LogP contribution in [-0.2, 0) is 9.59 Å². The minimum atomic E-state index is -0.158. The van der Waals surface area contributed by atoms with E-state index in [2.05, 4.69) is 24.5 Å². The molecule has 0 saturated carbocycles. The lowest BCUT2D eigenvalue weighted by Gasteiger charge is -2.16. The van der Waals surface area contributed by atoms with Crippen LogP contribution in [-0.4, -0.2) is 31.4 Å². The summed E-state index contributed by atoms with van der Waals surface area (Å²) in [5, 5.41) is 5.22. The average Bonchev–Trinajstić information content (AvgIpc) is 2.25.